The van der Waals surface area contributed by atoms with Gasteiger partial charge in [-0.3, -0.25) is 9.59 Å². The van der Waals surface area contributed by atoms with Crippen LogP contribution in [0, 0.1) is 12.8 Å². The fraction of sp³-hybridized carbons (Fsp3) is 0.391. The van der Waals surface area contributed by atoms with Crippen molar-refractivity contribution in [2.75, 3.05) is 36.9 Å². The van der Waals surface area contributed by atoms with E-state index in [0.717, 1.165) is 11.3 Å². The number of anilines is 2. The molecule has 0 radical (unpaired) electrons. The van der Waals surface area contributed by atoms with Gasteiger partial charge in [-0.05, 0) is 49.1 Å². The molecule has 170 valence electrons. The number of carbonyl (C=O) groups excluding carboxylic acids is 2. The summed E-state index contributed by atoms with van der Waals surface area (Å²) in [6.07, 6.45) is 1.18. The van der Waals surface area contributed by atoms with E-state index < -0.39 is 10.0 Å². The fourth-order valence-corrected chi connectivity index (χ4v) is 5.72. The zero-order valence-electron chi connectivity index (χ0n) is 18.0. The van der Waals surface area contributed by atoms with Crippen molar-refractivity contribution in [3.05, 3.63) is 53.6 Å². The van der Waals surface area contributed by atoms with Crippen LogP contribution in [-0.4, -0.2) is 50.8 Å². The number of para-hydroxylation sites is 1. The Morgan fingerprint density at radius 2 is 1.94 bits per heavy atom. The van der Waals surface area contributed by atoms with Crippen LogP contribution in [0.15, 0.2) is 47.4 Å². The van der Waals surface area contributed by atoms with Crippen LogP contribution >= 0.6 is 0 Å². The Hall–Kier alpha value is -2.75. The lowest BCUT2D eigenvalue weighted by molar-refractivity contribution is -0.121. The zero-order chi connectivity index (χ0) is 22.7. The highest BCUT2D eigenvalue weighted by molar-refractivity contribution is 7.89. The van der Waals surface area contributed by atoms with Gasteiger partial charge in [0.15, 0.2) is 0 Å². The summed E-state index contributed by atoms with van der Waals surface area (Å²) in [7, 11) is -3.67. The van der Waals surface area contributed by atoms with Crippen LogP contribution in [0.4, 0.5) is 11.4 Å². The Balaban J connectivity index is 1.40. The van der Waals surface area contributed by atoms with Gasteiger partial charge in [0.1, 0.15) is 0 Å². The number of ether oxygens (including phenoxy) is 1. The highest BCUT2D eigenvalue weighted by atomic mass is 32.2. The molecule has 1 saturated heterocycles. The molecule has 0 spiro atoms. The van der Waals surface area contributed by atoms with E-state index in [1.54, 1.807) is 19.1 Å². The Morgan fingerprint density at radius 1 is 1.19 bits per heavy atom. The van der Waals surface area contributed by atoms with E-state index in [4.69, 9.17) is 4.74 Å². The lowest BCUT2D eigenvalue weighted by atomic mass is 9.89. The SMILES string of the molecule is Cc1ccc(NC(=O)CCC2Cc3ccccc3NC2=O)cc1S(=O)(=O)N1CCOCC1. The minimum Gasteiger partial charge on any atom is -0.379 e. The topological polar surface area (TPSA) is 105 Å². The van der Waals surface area contributed by atoms with Gasteiger partial charge in [0.2, 0.25) is 21.8 Å². The highest BCUT2D eigenvalue weighted by Gasteiger charge is 2.29. The van der Waals surface area contributed by atoms with Crippen LogP contribution in [0.1, 0.15) is 24.0 Å². The molecule has 1 atom stereocenters. The van der Waals surface area contributed by atoms with Gasteiger partial charge < -0.3 is 15.4 Å². The number of nitrogens with one attached hydrogen (secondary N) is 2. The smallest absolute Gasteiger partial charge is 0.243 e. The van der Waals surface area contributed by atoms with Crippen LogP contribution in [0.2, 0.25) is 0 Å². The van der Waals surface area contributed by atoms with Crippen LogP contribution in [0.5, 0.6) is 0 Å². The molecule has 9 heteroatoms. The van der Waals surface area contributed by atoms with Gasteiger partial charge in [0.25, 0.3) is 0 Å². The number of carbonyl (C=O) groups is 2. The first-order valence-corrected chi connectivity index (χ1v) is 12.2. The van der Waals surface area contributed by atoms with E-state index in [-0.39, 0.29) is 29.0 Å². The van der Waals surface area contributed by atoms with Gasteiger partial charge in [-0.15, -0.1) is 0 Å². The molecule has 2 heterocycles. The summed E-state index contributed by atoms with van der Waals surface area (Å²) in [5.74, 6) is -0.605. The van der Waals surface area contributed by atoms with E-state index in [1.807, 2.05) is 24.3 Å². The molecule has 1 fully saturated rings. The molecule has 2 amide bonds. The summed E-state index contributed by atoms with van der Waals surface area (Å²) in [6.45, 7) is 3.09. The molecular weight excluding hydrogens is 430 g/mol. The van der Waals surface area contributed by atoms with E-state index in [1.165, 1.54) is 10.4 Å². The number of morpholine rings is 1. The third kappa shape index (κ3) is 4.85. The molecule has 8 nitrogen and oxygen atoms in total. The summed E-state index contributed by atoms with van der Waals surface area (Å²) in [5, 5.41) is 5.67. The summed E-state index contributed by atoms with van der Waals surface area (Å²) >= 11 is 0. The van der Waals surface area contributed by atoms with Crippen LogP contribution in [-0.2, 0) is 30.8 Å². The maximum atomic E-state index is 13.0. The van der Waals surface area contributed by atoms with Gasteiger partial charge in [0.05, 0.1) is 18.1 Å². The average Bonchev–Trinajstić information content (AvgIpc) is 2.79. The third-order valence-electron chi connectivity index (χ3n) is 5.89. The van der Waals surface area contributed by atoms with Gasteiger partial charge in [-0.2, -0.15) is 4.31 Å². The molecule has 2 N–H and O–H groups in total. The van der Waals surface area contributed by atoms with Crippen molar-refractivity contribution in [2.45, 2.75) is 31.1 Å². The molecule has 2 aromatic carbocycles. The number of aryl methyl sites for hydroxylation is 1. The fourth-order valence-electron chi connectivity index (χ4n) is 4.06. The Morgan fingerprint density at radius 3 is 2.72 bits per heavy atom. The second kappa shape index (κ2) is 9.40. The number of rotatable bonds is 6. The lowest BCUT2D eigenvalue weighted by Gasteiger charge is -2.27. The number of amides is 2. The van der Waals surface area contributed by atoms with Crippen LogP contribution in [0.3, 0.4) is 0 Å². The van der Waals surface area contributed by atoms with Crippen LogP contribution in [0.25, 0.3) is 0 Å². The minimum atomic E-state index is -3.67. The number of hydrogen-bond acceptors (Lipinski definition) is 5. The monoisotopic (exact) mass is 457 g/mol. The van der Waals surface area contributed by atoms with Crippen molar-refractivity contribution in [3.8, 4) is 0 Å². The second-order valence-corrected chi connectivity index (χ2v) is 10.0. The molecular formula is C23H27N3O5S. The molecule has 32 heavy (non-hydrogen) atoms. The number of fused-ring (bicyclic) bond motifs is 1. The van der Waals surface area contributed by atoms with Gasteiger partial charge in [-0.1, -0.05) is 24.3 Å². The second-order valence-electron chi connectivity index (χ2n) is 8.13. The van der Waals surface area contributed by atoms with Gasteiger partial charge in [-0.25, -0.2) is 8.42 Å². The van der Waals surface area contributed by atoms with Crippen molar-refractivity contribution < 1.29 is 22.7 Å². The molecule has 4 rings (SSSR count). The van der Waals surface area contributed by atoms with E-state index >= 15 is 0 Å². The molecule has 2 aliphatic rings. The molecule has 1 unspecified atom stereocenters. The van der Waals surface area contributed by atoms with Gasteiger partial charge >= 0.3 is 0 Å². The maximum Gasteiger partial charge on any atom is 0.243 e. The Labute approximate surface area is 188 Å². The molecule has 0 saturated carbocycles. The Bertz CT molecular complexity index is 1130. The summed E-state index contributed by atoms with van der Waals surface area (Å²) in [4.78, 5) is 25.1. The van der Waals surface area contributed by atoms with E-state index in [2.05, 4.69) is 10.6 Å². The summed E-state index contributed by atoms with van der Waals surface area (Å²) in [5.41, 5.74) is 2.93. The number of benzene rings is 2. The first-order chi connectivity index (χ1) is 15.3. The van der Waals surface area contributed by atoms with E-state index in [9.17, 15) is 18.0 Å². The van der Waals surface area contributed by atoms with Crippen molar-refractivity contribution in [1.82, 2.24) is 4.31 Å². The molecule has 2 aliphatic heterocycles. The standard InChI is InChI=1S/C23H27N3O5S/c1-16-6-8-19(15-21(16)32(29,30)26-10-12-31-13-11-26)24-22(27)9-7-18-14-17-4-2-3-5-20(17)25-23(18)28/h2-6,8,15,18H,7,9-14H2,1H3,(H,24,27)(H,25,28). The lowest BCUT2D eigenvalue weighted by Crippen LogP contribution is -2.40. The molecule has 0 aliphatic carbocycles. The predicted molar refractivity (Wildman–Crippen MR) is 121 cm³/mol. The first kappa shape index (κ1) is 22.4. The van der Waals surface area contributed by atoms with E-state index in [0.29, 0.717) is 50.4 Å². The van der Waals surface area contributed by atoms with Crippen molar-refractivity contribution >= 4 is 33.2 Å². The number of hydrogen-bond donors (Lipinski definition) is 2. The van der Waals surface area contributed by atoms with Crippen molar-refractivity contribution in [1.29, 1.82) is 0 Å². The zero-order valence-corrected chi connectivity index (χ0v) is 18.8. The number of sulfonamides is 1. The number of nitrogens with zero attached hydrogens (tertiary/aromatic N) is 1. The van der Waals surface area contributed by atoms with Crippen molar-refractivity contribution in [2.24, 2.45) is 5.92 Å². The largest absolute Gasteiger partial charge is 0.379 e. The third-order valence-corrected chi connectivity index (χ3v) is 7.93. The molecule has 2 aromatic rings. The highest BCUT2D eigenvalue weighted by Crippen LogP contribution is 2.28. The quantitative estimate of drug-likeness (QED) is 0.694. The molecule has 0 aromatic heterocycles. The predicted octanol–water partition coefficient (Wildman–Crippen LogP) is 2.55. The van der Waals surface area contributed by atoms with Crippen molar-refractivity contribution in [3.63, 3.8) is 0 Å². The minimum absolute atomic E-state index is 0.0780. The summed E-state index contributed by atoms with van der Waals surface area (Å²) in [6, 6.07) is 12.5. The first-order valence-electron chi connectivity index (χ1n) is 10.7. The average molecular weight is 458 g/mol. The van der Waals surface area contributed by atoms with Crippen LogP contribution < -0.4 is 10.6 Å². The normalized spacial score (nSPS) is 19.2. The maximum absolute atomic E-state index is 13.0. The van der Waals surface area contributed by atoms with Gasteiger partial charge in [0, 0.05) is 36.8 Å². The Kier molecular flexibility index (Phi) is 6.59. The summed E-state index contributed by atoms with van der Waals surface area (Å²) < 4.78 is 32.7. The molecule has 0 bridgehead atoms.